The molecule has 2 heterocycles. The van der Waals surface area contributed by atoms with E-state index in [1.807, 2.05) is 0 Å². The second-order valence-electron chi connectivity index (χ2n) is 6.86. The lowest BCUT2D eigenvalue weighted by atomic mass is 10.1. The van der Waals surface area contributed by atoms with Crippen LogP contribution in [0.25, 0.3) is 17.4 Å². The number of hydrogen-bond acceptors (Lipinski definition) is 7. The summed E-state index contributed by atoms with van der Waals surface area (Å²) < 4.78 is 10.8. The van der Waals surface area contributed by atoms with Crippen molar-refractivity contribution >= 4 is 57.9 Å². The molecule has 33 heavy (non-hydrogen) atoms. The van der Waals surface area contributed by atoms with Crippen LogP contribution in [0.4, 0.5) is 10.5 Å². The summed E-state index contributed by atoms with van der Waals surface area (Å²) in [5, 5.41) is 11.7. The van der Waals surface area contributed by atoms with Gasteiger partial charge in [-0.15, -0.1) is 0 Å². The summed E-state index contributed by atoms with van der Waals surface area (Å²) in [6.45, 7) is 0.0420. The lowest BCUT2D eigenvalue weighted by Crippen LogP contribution is -2.27. The summed E-state index contributed by atoms with van der Waals surface area (Å²) in [5.41, 5.74) is 0.727. The SMILES string of the molecule is COc1ccc(-c2ccc(/C=C3\SC(=O)N(Cc4ccc(Cl)c(Cl)c4)C3=O)o2)c([N+](=O)[O-])c1. The average Bonchev–Trinajstić information content (AvgIpc) is 3.36. The molecule has 0 saturated carbocycles. The van der Waals surface area contributed by atoms with E-state index in [0.29, 0.717) is 21.4 Å². The number of halogens is 2. The van der Waals surface area contributed by atoms with Crippen molar-refractivity contribution in [1.82, 2.24) is 4.90 Å². The molecule has 2 aromatic carbocycles. The molecule has 4 rings (SSSR count). The van der Waals surface area contributed by atoms with E-state index in [2.05, 4.69) is 0 Å². The monoisotopic (exact) mass is 504 g/mol. The number of benzene rings is 2. The lowest BCUT2D eigenvalue weighted by molar-refractivity contribution is -0.384. The van der Waals surface area contributed by atoms with Crippen LogP contribution in [0.15, 0.2) is 57.9 Å². The Kier molecular flexibility index (Phi) is 6.46. The fourth-order valence-electron chi connectivity index (χ4n) is 3.16. The molecule has 1 aliphatic rings. The molecular formula is C22H14Cl2N2O6S. The first-order chi connectivity index (χ1) is 15.8. The third kappa shape index (κ3) is 4.75. The standard InChI is InChI=1S/C22H14Cl2N2O6S/c1-31-13-3-5-15(18(9-13)26(29)30)19-7-4-14(32-19)10-20-21(27)25(22(28)33-20)11-12-2-6-16(23)17(24)8-12/h2-10H,11H2,1H3/b20-10-. The predicted molar refractivity (Wildman–Crippen MR) is 125 cm³/mol. The number of carbonyl (C=O) groups is 2. The summed E-state index contributed by atoms with van der Waals surface area (Å²) in [5.74, 6) is 0.373. The number of amides is 2. The molecule has 3 aromatic rings. The second-order valence-corrected chi connectivity index (χ2v) is 8.67. The molecule has 0 spiro atoms. The maximum atomic E-state index is 12.8. The van der Waals surface area contributed by atoms with Crippen molar-refractivity contribution < 1.29 is 23.7 Å². The number of hydrogen-bond donors (Lipinski definition) is 0. The number of ether oxygens (including phenoxy) is 1. The molecule has 1 aromatic heterocycles. The minimum Gasteiger partial charge on any atom is -0.497 e. The van der Waals surface area contributed by atoms with Gasteiger partial charge in [-0.1, -0.05) is 29.3 Å². The number of thioether (sulfide) groups is 1. The molecule has 0 unspecified atom stereocenters. The third-order valence-corrected chi connectivity index (χ3v) is 6.41. The van der Waals surface area contributed by atoms with Crippen LogP contribution in [-0.2, 0) is 11.3 Å². The van der Waals surface area contributed by atoms with Crippen LogP contribution in [0.5, 0.6) is 5.75 Å². The maximum Gasteiger partial charge on any atom is 0.293 e. The van der Waals surface area contributed by atoms with Crippen molar-refractivity contribution in [2.24, 2.45) is 0 Å². The van der Waals surface area contributed by atoms with E-state index >= 15 is 0 Å². The van der Waals surface area contributed by atoms with E-state index in [9.17, 15) is 19.7 Å². The molecule has 1 aliphatic heterocycles. The normalized spacial score (nSPS) is 14.9. The minimum absolute atomic E-state index is 0.0420. The van der Waals surface area contributed by atoms with Crippen LogP contribution in [0.1, 0.15) is 11.3 Å². The summed E-state index contributed by atoms with van der Waals surface area (Å²) in [6, 6.07) is 12.4. The Bertz CT molecular complexity index is 1320. The maximum absolute atomic E-state index is 12.8. The highest BCUT2D eigenvalue weighted by atomic mass is 35.5. The third-order valence-electron chi connectivity index (χ3n) is 4.77. The van der Waals surface area contributed by atoms with Gasteiger partial charge in [-0.3, -0.25) is 24.6 Å². The van der Waals surface area contributed by atoms with Gasteiger partial charge in [0, 0.05) is 6.08 Å². The van der Waals surface area contributed by atoms with E-state index in [0.717, 1.165) is 16.7 Å². The van der Waals surface area contributed by atoms with Crippen LogP contribution in [0, 0.1) is 10.1 Å². The van der Waals surface area contributed by atoms with E-state index in [1.165, 1.54) is 25.3 Å². The van der Waals surface area contributed by atoms with E-state index in [4.69, 9.17) is 32.4 Å². The molecular weight excluding hydrogens is 491 g/mol. The Morgan fingerprint density at radius 1 is 1.12 bits per heavy atom. The molecule has 0 radical (unpaired) electrons. The zero-order valence-corrected chi connectivity index (χ0v) is 19.2. The summed E-state index contributed by atoms with van der Waals surface area (Å²) in [4.78, 5) is 37.4. The van der Waals surface area contributed by atoms with Gasteiger partial charge >= 0.3 is 0 Å². The highest BCUT2D eigenvalue weighted by molar-refractivity contribution is 8.18. The molecule has 11 heteroatoms. The molecule has 1 fully saturated rings. The van der Waals surface area contributed by atoms with Gasteiger partial charge < -0.3 is 9.15 Å². The highest BCUT2D eigenvalue weighted by Crippen LogP contribution is 2.37. The molecule has 0 N–H and O–H groups in total. The van der Waals surface area contributed by atoms with Crippen molar-refractivity contribution in [2.45, 2.75) is 6.54 Å². The number of nitro benzene ring substituents is 1. The number of rotatable bonds is 6. The van der Waals surface area contributed by atoms with Gasteiger partial charge in [0.15, 0.2) is 0 Å². The molecule has 2 amide bonds. The molecule has 8 nitrogen and oxygen atoms in total. The first-order valence-corrected chi connectivity index (χ1v) is 11.0. The first kappa shape index (κ1) is 22.9. The lowest BCUT2D eigenvalue weighted by Gasteiger charge is -2.12. The predicted octanol–water partition coefficient (Wildman–Crippen LogP) is 6.41. The van der Waals surface area contributed by atoms with Crippen LogP contribution in [0.2, 0.25) is 10.0 Å². The largest absolute Gasteiger partial charge is 0.497 e. The van der Waals surface area contributed by atoms with Gasteiger partial charge in [-0.25, -0.2) is 0 Å². The quantitative estimate of drug-likeness (QED) is 0.217. The van der Waals surface area contributed by atoms with Gasteiger partial charge in [0.2, 0.25) is 0 Å². The van der Waals surface area contributed by atoms with Crippen LogP contribution in [-0.4, -0.2) is 28.1 Å². The van der Waals surface area contributed by atoms with Crippen molar-refractivity contribution in [2.75, 3.05) is 7.11 Å². The summed E-state index contributed by atoms with van der Waals surface area (Å²) in [6.07, 6.45) is 1.43. The van der Waals surface area contributed by atoms with Crippen molar-refractivity contribution in [3.63, 3.8) is 0 Å². The Labute approximate surface area is 201 Å². The fourth-order valence-corrected chi connectivity index (χ4v) is 4.30. The number of methoxy groups -OCH3 is 1. The Morgan fingerprint density at radius 3 is 2.61 bits per heavy atom. The molecule has 0 bridgehead atoms. The van der Waals surface area contributed by atoms with E-state index in [-0.39, 0.29) is 34.2 Å². The van der Waals surface area contributed by atoms with Crippen molar-refractivity contribution in [3.8, 4) is 17.1 Å². The highest BCUT2D eigenvalue weighted by Gasteiger charge is 2.35. The summed E-state index contributed by atoms with van der Waals surface area (Å²) >= 11 is 12.7. The number of furan rings is 1. The Hall–Kier alpha value is -3.27. The molecule has 0 atom stereocenters. The number of imide groups is 1. The Morgan fingerprint density at radius 2 is 1.91 bits per heavy atom. The minimum atomic E-state index is -0.533. The fraction of sp³-hybridized carbons (Fsp3) is 0.0909. The van der Waals surface area contributed by atoms with E-state index in [1.54, 1.807) is 36.4 Å². The number of nitrogens with zero attached hydrogens (tertiary/aromatic N) is 2. The van der Waals surface area contributed by atoms with Gasteiger partial charge in [0.05, 0.1) is 45.2 Å². The molecule has 168 valence electrons. The second kappa shape index (κ2) is 9.30. The summed E-state index contributed by atoms with van der Waals surface area (Å²) in [7, 11) is 1.41. The topological polar surface area (TPSA) is 103 Å². The van der Waals surface area contributed by atoms with Crippen LogP contribution >= 0.6 is 35.0 Å². The van der Waals surface area contributed by atoms with Crippen LogP contribution in [0.3, 0.4) is 0 Å². The Balaban J connectivity index is 1.57. The van der Waals surface area contributed by atoms with Gasteiger partial charge in [-0.05, 0) is 53.7 Å². The zero-order valence-electron chi connectivity index (χ0n) is 16.9. The zero-order chi connectivity index (χ0) is 23.7. The number of carbonyl (C=O) groups excluding carboxylic acids is 2. The van der Waals surface area contributed by atoms with E-state index < -0.39 is 16.1 Å². The average molecular weight is 505 g/mol. The number of nitro groups is 1. The van der Waals surface area contributed by atoms with Crippen LogP contribution < -0.4 is 4.74 Å². The van der Waals surface area contributed by atoms with Gasteiger partial charge in [-0.2, -0.15) is 0 Å². The van der Waals surface area contributed by atoms with Crippen molar-refractivity contribution in [3.05, 3.63) is 84.9 Å². The smallest absolute Gasteiger partial charge is 0.293 e. The molecule has 0 aliphatic carbocycles. The molecule has 1 saturated heterocycles. The first-order valence-electron chi connectivity index (χ1n) is 9.38. The van der Waals surface area contributed by atoms with Crippen molar-refractivity contribution in [1.29, 1.82) is 0 Å². The van der Waals surface area contributed by atoms with Gasteiger partial charge in [0.25, 0.3) is 16.8 Å². The van der Waals surface area contributed by atoms with Gasteiger partial charge in [0.1, 0.15) is 17.3 Å².